The van der Waals surface area contributed by atoms with Crippen molar-refractivity contribution in [1.82, 2.24) is 9.88 Å². The van der Waals surface area contributed by atoms with Gasteiger partial charge in [-0.2, -0.15) is 0 Å². The van der Waals surface area contributed by atoms with Gasteiger partial charge in [-0.3, -0.25) is 9.78 Å². The largest absolute Gasteiger partial charge is 0.331 e. The minimum absolute atomic E-state index is 0.0419. The summed E-state index contributed by atoms with van der Waals surface area (Å²) in [6.07, 6.45) is 4.57. The predicted molar refractivity (Wildman–Crippen MR) is 92.1 cm³/mol. The Labute approximate surface area is 138 Å². The molecule has 0 saturated carbocycles. The van der Waals surface area contributed by atoms with Crippen LogP contribution in [0.4, 0.5) is 0 Å². The summed E-state index contributed by atoms with van der Waals surface area (Å²) in [6, 6.07) is 10.5. The first kappa shape index (κ1) is 15.7. The first-order valence-electron chi connectivity index (χ1n) is 8.18. The van der Waals surface area contributed by atoms with Crippen LogP contribution in [0.5, 0.6) is 0 Å². The molecule has 0 fully saturated rings. The smallest absolute Gasteiger partial charge is 0.228 e. The molecule has 120 valence electrons. The molecule has 1 aliphatic rings. The summed E-state index contributed by atoms with van der Waals surface area (Å²) in [4.78, 5) is 19.3. The molecule has 3 rings (SSSR count). The van der Waals surface area contributed by atoms with Crippen LogP contribution in [-0.2, 0) is 11.2 Å². The molecule has 1 unspecified atom stereocenters. The van der Waals surface area contributed by atoms with Crippen molar-refractivity contribution in [2.24, 2.45) is 5.41 Å². The molecule has 2 aromatic rings. The van der Waals surface area contributed by atoms with E-state index in [1.165, 1.54) is 16.7 Å². The van der Waals surface area contributed by atoms with Crippen LogP contribution in [0.1, 0.15) is 49.1 Å². The second-order valence-corrected chi connectivity index (χ2v) is 7.39. The van der Waals surface area contributed by atoms with E-state index < -0.39 is 0 Å². The maximum Gasteiger partial charge on any atom is 0.228 e. The molecule has 3 heteroatoms. The SMILES string of the molecule is Cc1ccc2c(c1)CCN(C(=O)C(C)(C)C)C2c1cccnc1. The first-order chi connectivity index (χ1) is 10.9. The number of benzene rings is 1. The predicted octanol–water partition coefficient (Wildman–Crippen LogP) is 3.91. The number of rotatable bonds is 1. The Kier molecular flexibility index (Phi) is 3.97. The lowest BCUT2D eigenvalue weighted by molar-refractivity contribution is -0.141. The summed E-state index contributed by atoms with van der Waals surface area (Å²) in [7, 11) is 0. The molecule has 2 heterocycles. The van der Waals surface area contributed by atoms with Gasteiger partial charge < -0.3 is 4.90 Å². The van der Waals surface area contributed by atoms with Crippen LogP contribution in [0.15, 0.2) is 42.7 Å². The van der Waals surface area contributed by atoms with Crippen molar-refractivity contribution < 1.29 is 4.79 Å². The van der Waals surface area contributed by atoms with E-state index in [0.717, 1.165) is 18.5 Å². The lowest BCUT2D eigenvalue weighted by Gasteiger charge is -2.40. The molecule has 0 N–H and O–H groups in total. The molecule has 0 spiro atoms. The Bertz CT molecular complexity index is 716. The van der Waals surface area contributed by atoms with Crippen LogP contribution in [0.25, 0.3) is 0 Å². The average Bonchev–Trinajstić information content (AvgIpc) is 2.53. The zero-order chi connectivity index (χ0) is 16.6. The Morgan fingerprint density at radius 3 is 2.70 bits per heavy atom. The van der Waals surface area contributed by atoms with Crippen LogP contribution in [0.3, 0.4) is 0 Å². The second kappa shape index (κ2) is 5.80. The molecular weight excluding hydrogens is 284 g/mol. The van der Waals surface area contributed by atoms with E-state index in [4.69, 9.17) is 0 Å². The number of carbonyl (C=O) groups is 1. The maximum absolute atomic E-state index is 13.0. The van der Waals surface area contributed by atoms with Gasteiger partial charge in [0.05, 0.1) is 6.04 Å². The lowest BCUT2D eigenvalue weighted by Crippen LogP contribution is -2.45. The number of carbonyl (C=O) groups excluding carboxylic acids is 1. The summed E-state index contributed by atoms with van der Waals surface area (Å²) in [6.45, 7) is 8.83. The number of aryl methyl sites for hydroxylation is 1. The third kappa shape index (κ3) is 3.00. The zero-order valence-electron chi connectivity index (χ0n) is 14.3. The third-order valence-electron chi connectivity index (χ3n) is 4.43. The van der Waals surface area contributed by atoms with Gasteiger partial charge in [0.2, 0.25) is 5.91 Å². The Morgan fingerprint density at radius 1 is 1.26 bits per heavy atom. The Balaban J connectivity index is 2.12. The molecule has 1 atom stereocenters. The Hall–Kier alpha value is -2.16. The van der Waals surface area contributed by atoms with E-state index in [9.17, 15) is 4.79 Å². The van der Waals surface area contributed by atoms with E-state index in [2.05, 4.69) is 36.2 Å². The molecule has 23 heavy (non-hydrogen) atoms. The number of hydrogen-bond donors (Lipinski definition) is 0. The van der Waals surface area contributed by atoms with Crippen molar-refractivity contribution >= 4 is 5.91 Å². The number of pyridine rings is 1. The molecule has 0 radical (unpaired) electrons. The molecule has 3 nitrogen and oxygen atoms in total. The van der Waals surface area contributed by atoms with Crippen molar-refractivity contribution in [3.8, 4) is 0 Å². The van der Waals surface area contributed by atoms with Crippen molar-refractivity contribution in [2.75, 3.05) is 6.54 Å². The van der Waals surface area contributed by atoms with Gasteiger partial charge in [-0.1, -0.05) is 50.6 Å². The highest BCUT2D eigenvalue weighted by atomic mass is 16.2. The van der Waals surface area contributed by atoms with Crippen molar-refractivity contribution in [2.45, 2.75) is 40.2 Å². The minimum atomic E-state index is -0.386. The number of hydrogen-bond acceptors (Lipinski definition) is 2. The third-order valence-corrected chi connectivity index (χ3v) is 4.43. The van der Waals surface area contributed by atoms with Gasteiger partial charge in [0.15, 0.2) is 0 Å². The van der Waals surface area contributed by atoms with Crippen molar-refractivity contribution in [1.29, 1.82) is 0 Å². The normalized spacial score (nSPS) is 17.7. The van der Waals surface area contributed by atoms with Gasteiger partial charge in [-0.15, -0.1) is 0 Å². The van der Waals surface area contributed by atoms with Gasteiger partial charge in [0.1, 0.15) is 0 Å². The highest BCUT2D eigenvalue weighted by molar-refractivity contribution is 5.82. The average molecular weight is 308 g/mol. The fourth-order valence-electron chi connectivity index (χ4n) is 3.30. The topological polar surface area (TPSA) is 33.2 Å². The van der Waals surface area contributed by atoms with Gasteiger partial charge in [0.25, 0.3) is 0 Å². The number of fused-ring (bicyclic) bond motifs is 1. The quantitative estimate of drug-likeness (QED) is 0.800. The minimum Gasteiger partial charge on any atom is -0.331 e. The van der Waals surface area contributed by atoms with Gasteiger partial charge in [-0.05, 0) is 36.1 Å². The number of nitrogens with zero attached hydrogens (tertiary/aromatic N) is 2. The molecule has 0 aliphatic carbocycles. The van der Waals surface area contributed by atoms with E-state index in [-0.39, 0.29) is 17.4 Å². The van der Waals surface area contributed by atoms with Crippen LogP contribution >= 0.6 is 0 Å². The highest BCUT2D eigenvalue weighted by Gasteiger charge is 2.36. The summed E-state index contributed by atoms with van der Waals surface area (Å²) in [5.41, 5.74) is 4.53. The molecular formula is C20H24N2O. The number of amides is 1. The first-order valence-corrected chi connectivity index (χ1v) is 8.18. The van der Waals surface area contributed by atoms with Crippen LogP contribution in [-0.4, -0.2) is 22.3 Å². The molecule has 1 aromatic carbocycles. The number of aromatic nitrogens is 1. The molecule has 1 aliphatic heterocycles. The Morgan fingerprint density at radius 2 is 2.04 bits per heavy atom. The summed E-state index contributed by atoms with van der Waals surface area (Å²) < 4.78 is 0. The van der Waals surface area contributed by atoms with Crippen LogP contribution < -0.4 is 0 Å². The summed E-state index contributed by atoms with van der Waals surface area (Å²) in [5.74, 6) is 0.192. The van der Waals surface area contributed by atoms with Gasteiger partial charge in [0, 0.05) is 24.4 Å². The highest BCUT2D eigenvalue weighted by Crippen LogP contribution is 2.37. The molecule has 1 amide bonds. The van der Waals surface area contributed by atoms with Crippen molar-refractivity contribution in [3.05, 3.63) is 65.0 Å². The van der Waals surface area contributed by atoms with Gasteiger partial charge in [-0.25, -0.2) is 0 Å². The van der Waals surface area contributed by atoms with E-state index >= 15 is 0 Å². The monoisotopic (exact) mass is 308 g/mol. The van der Waals surface area contributed by atoms with Crippen LogP contribution in [0, 0.1) is 12.3 Å². The van der Waals surface area contributed by atoms with E-state index in [1.54, 1.807) is 6.20 Å². The lowest BCUT2D eigenvalue weighted by atomic mass is 9.85. The molecule has 0 saturated heterocycles. The van der Waals surface area contributed by atoms with E-state index in [1.807, 2.05) is 37.9 Å². The van der Waals surface area contributed by atoms with E-state index in [0.29, 0.717) is 0 Å². The van der Waals surface area contributed by atoms with Crippen molar-refractivity contribution in [3.63, 3.8) is 0 Å². The standard InChI is InChI=1S/C20H24N2O/c1-14-7-8-17-15(12-14)9-11-22(19(23)20(2,3)4)18(17)16-6-5-10-21-13-16/h5-8,10,12-13,18H,9,11H2,1-4H3. The van der Waals surface area contributed by atoms with Gasteiger partial charge >= 0.3 is 0 Å². The fourth-order valence-corrected chi connectivity index (χ4v) is 3.30. The molecule has 0 bridgehead atoms. The molecule has 1 aromatic heterocycles. The maximum atomic E-state index is 13.0. The summed E-state index contributed by atoms with van der Waals surface area (Å²) in [5, 5.41) is 0. The van der Waals surface area contributed by atoms with Crippen LogP contribution in [0.2, 0.25) is 0 Å². The summed E-state index contributed by atoms with van der Waals surface area (Å²) >= 11 is 0. The fraction of sp³-hybridized carbons (Fsp3) is 0.400. The second-order valence-electron chi connectivity index (χ2n) is 7.39. The zero-order valence-corrected chi connectivity index (χ0v) is 14.3.